The highest BCUT2D eigenvalue weighted by atomic mass is 32.2. The van der Waals surface area contributed by atoms with Gasteiger partial charge in [0.05, 0.1) is 11.5 Å². The Balaban J connectivity index is 1.57. The van der Waals surface area contributed by atoms with Crippen molar-refractivity contribution in [1.82, 2.24) is 9.29 Å². The number of aryl methyl sites for hydroxylation is 1. The van der Waals surface area contributed by atoms with Crippen LogP contribution in [0.4, 0.5) is 0 Å². The van der Waals surface area contributed by atoms with Crippen LogP contribution in [0.5, 0.6) is 5.75 Å². The van der Waals surface area contributed by atoms with Crippen molar-refractivity contribution in [2.75, 3.05) is 19.7 Å². The molecule has 0 bridgehead atoms. The van der Waals surface area contributed by atoms with Gasteiger partial charge in [-0.3, -0.25) is 0 Å². The third kappa shape index (κ3) is 3.22. The van der Waals surface area contributed by atoms with Crippen LogP contribution in [-0.4, -0.2) is 37.4 Å². The minimum Gasteiger partial charge on any atom is -0.493 e. The van der Waals surface area contributed by atoms with Crippen LogP contribution in [-0.2, 0) is 16.4 Å². The number of aromatic nitrogens is 1. The molecule has 1 aromatic heterocycles. The molecule has 27 heavy (non-hydrogen) atoms. The summed E-state index contributed by atoms with van der Waals surface area (Å²) in [7, 11) is -3.54. The van der Waals surface area contributed by atoms with E-state index in [0.29, 0.717) is 36.7 Å². The van der Waals surface area contributed by atoms with E-state index in [0.717, 1.165) is 34.4 Å². The second-order valence-corrected chi connectivity index (χ2v) is 8.64. The molecule has 2 aliphatic rings. The standard InChI is InChI=1S/C20H19N3O3S/c1-14-10-17(12-21)22-13-19(14)15-4-7-23(8-5-15)27(24,25)18-2-3-20-16(11-18)6-9-26-20/h2-4,10-11,13H,5-9H2,1H3. The number of hydrogen-bond donors (Lipinski definition) is 0. The highest BCUT2D eigenvalue weighted by Crippen LogP contribution is 2.31. The molecule has 4 rings (SSSR count). The summed E-state index contributed by atoms with van der Waals surface area (Å²) in [6.07, 6.45) is 4.99. The van der Waals surface area contributed by atoms with Gasteiger partial charge in [0.15, 0.2) is 0 Å². The Kier molecular flexibility index (Phi) is 4.46. The van der Waals surface area contributed by atoms with Crippen LogP contribution < -0.4 is 4.74 Å². The average Bonchev–Trinajstić information content (AvgIpc) is 3.16. The predicted octanol–water partition coefficient (Wildman–Crippen LogP) is 2.67. The van der Waals surface area contributed by atoms with Crippen LogP contribution in [0.2, 0.25) is 0 Å². The zero-order chi connectivity index (χ0) is 19.0. The van der Waals surface area contributed by atoms with Gasteiger partial charge in [-0.05, 0) is 59.9 Å². The molecule has 0 unspecified atom stereocenters. The summed E-state index contributed by atoms with van der Waals surface area (Å²) in [5, 5.41) is 8.95. The van der Waals surface area contributed by atoms with Gasteiger partial charge in [-0.2, -0.15) is 9.57 Å². The Morgan fingerprint density at radius 2 is 2.11 bits per heavy atom. The zero-order valence-corrected chi connectivity index (χ0v) is 15.8. The minimum atomic E-state index is -3.54. The molecular formula is C20H19N3O3S. The summed E-state index contributed by atoms with van der Waals surface area (Å²) < 4.78 is 32.9. The molecule has 2 aliphatic heterocycles. The molecular weight excluding hydrogens is 362 g/mol. The summed E-state index contributed by atoms with van der Waals surface area (Å²) in [4.78, 5) is 4.46. The van der Waals surface area contributed by atoms with Crippen molar-refractivity contribution >= 4 is 15.6 Å². The Hall–Kier alpha value is -2.69. The molecule has 0 N–H and O–H groups in total. The second-order valence-electron chi connectivity index (χ2n) is 6.71. The highest BCUT2D eigenvalue weighted by Gasteiger charge is 2.28. The van der Waals surface area contributed by atoms with Gasteiger partial charge < -0.3 is 4.74 Å². The van der Waals surface area contributed by atoms with Gasteiger partial charge in [0.1, 0.15) is 17.5 Å². The molecule has 6 nitrogen and oxygen atoms in total. The van der Waals surface area contributed by atoms with Gasteiger partial charge >= 0.3 is 0 Å². The van der Waals surface area contributed by atoms with E-state index in [9.17, 15) is 8.42 Å². The van der Waals surface area contributed by atoms with Gasteiger partial charge in [0.2, 0.25) is 10.0 Å². The quantitative estimate of drug-likeness (QED) is 0.816. The molecule has 1 aromatic carbocycles. The van der Waals surface area contributed by atoms with E-state index >= 15 is 0 Å². The number of pyridine rings is 1. The molecule has 0 atom stereocenters. The largest absolute Gasteiger partial charge is 0.493 e. The fraction of sp³-hybridized carbons (Fsp3) is 0.300. The Morgan fingerprint density at radius 1 is 1.26 bits per heavy atom. The van der Waals surface area contributed by atoms with Crippen molar-refractivity contribution in [3.8, 4) is 11.8 Å². The molecule has 0 fully saturated rings. The summed E-state index contributed by atoms with van der Waals surface area (Å²) in [5.74, 6) is 0.776. The maximum absolute atomic E-state index is 13.0. The van der Waals surface area contributed by atoms with Crippen molar-refractivity contribution < 1.29 is 13.2 Å². The van der Waals surface area contributed by atoms with Crippen molar-refractivity contribution in [1.29, 1.82) is 5.26 Å². The lowest BCUT2D eigenvalue weighted by atomic mass is 9.97. The number of hydrogen-bond acceptors (Lipinski definition) is 5. The Labute approximate surface area is 158 Å². The van der Waals surface area contributed by atoms with Crippen LogP contribution in [0, 0.1) is 18.3 Å². The first-order chi connectivity index (χ1) is 13.0. The van der Waals surface area contributed by atoms with Crippen molar-refractivity contribution in [2.24, 2.45) is 0 Å². The van der Waals surface area contributed by atoms with Crippen LogP contribution in [0.25, 0.3) is 5.57 Å². The van der Waals surface area contributed by atoms with Crippen molar-refractivity contribution in [2.45, 2.75) is 24.7 Å². The molecule has 0 saturated carbocycles. The lowest BCUT2D eigenvalue weighted by Crippen LogP contribution is -2.34. The Morgan fingerprint density at radius 3 is 2.81 bits per heavy atom. The number of benzene rings is 1. The van der Waals surface area contributed by atoms with E-state index in [1.807, 2.05) is 19.1 Å². The fourth-order valence-corrected chi connectivity index (χ4v) is 4.97. The van der Waals surface area contributed by atoms with E-state index in [1.54, 1.807) is 30.5 Å². The normalized spacial score (nSPS) is 17.0. The van der Waals surface area contributed by atoms with E-state index in [2.05, 4.69) is 4.98 Å². The SMILES string of the molecule is Cc1cc(C#N)ncc1C1=CCN(S(=O)(=O)c2ccc3c(c2)CCO3)CC1. The van der Waals surface area contributed by atoms with Crippen molar-refractivity contribution in [3.05, 3.63) is 58.9 Å². The van der Waals surface area contributed by atoms with E-state index in [-0.39, 0.29) is 0 Å². The smallest absolute Gasteiger partial charge is 0.243 e. The van der Waals surface area contributed by atoms with Crippen LogP contribution >= 0.6 is 0 Å². The first-order valence-corrected chi connectivity index (χ1v) is 10.2. The van der Waals surface area contributed by atoms with Gasteiger partial charge in [-0.15, -0.1) is 0 Å². The van der Waals surface area contributed by atoms with Crippen LogP contribution in [0.3, 0.4) is 0 Å². The first kappa shape index (κ1) is 17.7. The highest BCUT2D eigenvalue weighted by molar-refractivity contribution is 7.89. The molecule has 0 amide bonds. The van der Waals surface area contributed by atoms with E-state index in [4.69, 9.17) is 10.00 Å². The van der Waals surface area contributed by atoms with Gasteiger partial charge in [0.25, 0.3) is 0 Å². The van der Waals surface area contributed by atoms with Gasteiger partial charge in [-0.25, -0.2) is 13.4 Å². The molecule has 0 aliphatic carbocycles. The molecule has 7 heteroatoms. The third-order valence-electron chi connectivity index (χ3n) is 5.04. The first-order valence-electron chi connectivity index (χ1n) is 8.81. The average molecular weight is 381 g/mol. The lowest BCUT2D eigenvalue weighted by molar-refractivity contribution is 0.356. The zero-order valence-electron chi connectivity index (χ0n) is 15.0. The number of rotatable bonds is 3. The Bertz CT molecular complexity index is 1080. The lowest BCUT2D eigenvalue weighted by Gasteiger charge is -2.26. The number of fused-ring (bicyclic) bond motifs is 1. The van der Waals surface area contributed by atoms with Gasteiger partial charge in [0, 0.05) is 25.7 Å². The molecule has 3 heterocycles. The van der Waals surface area contributed by atoms with E-state index < -0.39 is 10.0 Å². The fourth-order valence-electron chi connectivity index (χ4n) is 3.54. The summed E-state index contributed by atoms with van der Waals surface area (Å²) in [5.41, 5.74) is 4.35. The molecule has 0 radical (unpaired) electrons. The van der Waals surface area contributed by atoms with Crippen LogP contribution in [0.1, 0.15) is 28.8 Å². The second kappa shape index (κ2) is 6.80. The maximum Gasteiger partial charge on any atom is 0.243 e. The summed E-state index contributed by atoms with van der Waals surface area (Å²) in [6, 6.07) is 8.88. The monoisotopic (exact) mass is 381 g/mol. The molecule has 0 saturated heterocycles. The maximum atomic E-state index is 13.0. The molecule has 2 aromatic rings. The minimum absolute atomic E-state index is 0.319. The van der Waals surface area contributed by atoms with Crippen LogP contribution in [0.15, 0.2) is 41.4 Å². The summed E-state index contributed by atoms with van der Waals surface area (Å²) in [6.45, 7) is 3.28. The molecule has 138 valence electrons. The number of nitrogens with zero attached hydrogens (tertiary/aromatic N) is 3. The third-order valence-corrected chi connectivity index (χ3v) is 6.90. The molecule has 0 spiro atoms. The van der Waals surface area contributed by atoms with Gasteiger partial charge in [-0.1, -0.05) is 6.08 Å². The van der Waals surface area contributed by atoms with E-state index in [1.165, 1.54) is 4.31 Å². The number of sulfonamides is 1. The predicted molar refractivity (Wildman–Crippen MR) is 101 cm³/mol. The summed E-state index contributed by atoms with van der Waals surface area (Å²) >= 11 is 0. The number of nitriles is 1. The number of ether oxygens (including phenoxy) is 1. The van der Waals surface area contributed by atoms with Crippen molar-refractivity contribution in [3.63, 3.8) is 0 Å². The topological polar surface area (TPSA) is 83.3 Å².